The largest absolute Gasteiger partial charge is 0.494 e. The number of carbonyl (C=O) groups is 1. The molecule has 4 fully saturated rings. The number of carbonyl (C=O) groups excluding carboxylic acids is 1. The lowest BCUT2D eigenvalue weighted by Crippen LogP contribution is -2.57. The molecule has 0 radical (unpaired) electrons. The molecule has 50 heavy (non-hydrogen) atoms. The third-order valence-corrected chi connectivity index (χ3v) is 10.3. The minimum atomic E-state index is -1.26. The molecule has 14 heteroatoms. The number of hydrogen-bond donors (Lipinski definition) is 2. The fraction of sp³-hybridized carbons (Fsp3) is 0.472. The molecule has 266 valence electrons. The van der Waals surface area contributed by atoms with Crippen molar-refractivity contribution in [1.82, 2.24) is 19.8 Å². The minimum Gasteiger partial charge on any atom is -0.494 e. The molecule has 2 N–H and O–H groups in total. The van der Waals surface area contributed by atoms with E-state index in [1.807, 2.05) is 6.07 Å². The molecule has 0 spiro atoms. The van der Waals surface area contributed by atoms with Gasteiger partial charge in [0.05, 0.1) is 42.4 Å². The molecule has 3 aliphatic heterocycles. The molecule has 3 saturated heterocycles. The van der Waals surface area contributed by atoms with Gasteiger partial charge in [-0.15, -0.1) is 0 Å². The molecule has 4 heterocycles. The summed E-state index contributed by atoms with van der Waals surface area (Å²) >= 11 is 0. The Kier molecular flexibility index (Phi) is 9.84. The van der Waals surface area contributed by atoms with Crippen LogP contribution in [0.15, 0.2) is 49.3 Å². The monoisotopic (exact) mass is 692 g/mol. The number of benzene rings is 2. The number of aromatic nitrogens is 2. The SMILES string of the molecule is C=CC(=O)Nc1cc(Nc2cc(N3OCC[C@@H]3c3c(F)ccc(F)c3F)ncn2)c(OC)cc1N1CCC(N2CCN(C3CC3)[C@@H](C)C2)CC1. The van der Waals surface area contributed by atoms with Crippen LogP contribution in [0.4, 0.5) is 41.9 Å². The van der Waals surface area contributed by atoms with Crippen molar-refractivity contribution in [2.24, 2.45) is 0 Å². The van der Waals surface area contributed by atoms with Crippen molar-refractivity contribution >= 4 is 34.6 Å². The minimum absolute atomic E-state index is 0.155. The summed E-state index contributed by atoms with van der Waals surface area (Å²) in [5.74, 6) is -2.57. The fourth-order valence-electron chi connectivity index (χ4n) is 7.61. The number of hydroxylamine groups is 1. The Hall–Kier alpha value is -4.40. The number of methoxy groups -OCH3 is 1. The average Bonchev–Trinajstić information content (AvgIpc) is 3.86. The molecule has 1 amide bonds. The molecule has 1 saturated carbocycles. The summed E-state index contributed by atoms with van der Waals surface area (Å²) in [4.78, 5) is 34.5. The van der Waals surface area contributed by atoms with Crippen molar-refractivity contribution in [2.45, 2.75) is 63.2 Å². The number of anilines is 5. The highest BCUT2D eigenvalue weighted by molar-refractivity contribution is 6.02. The van der Waals surface area contributed by atoms with Gasteiger partial charge < -0.3 is 20.3 Å². The van der Waals surface area contributed by atoms with Crippen LogP contribution in [0.2, 0.25) is 0 Å². The first-order valence-corrected chi connectivity index (χ1v) is 17.3. The van der Waals surface area contributed by atoms with E-state index >= 15 is 0 Å². The number of nitrogens with one attached hydrogen (secondary N) is 2. The summed E-state index contributed by atoms with van der Waals surface area (Å²) in [5.41, 5.74) is 1.50. The van der Waals surface area contributed by atoms with Gasteiger partial charge in [-0.1, -0.05) is 6.58 Å². The maximum Gasteiger partial charge on any atom is 0.247 e. The first-order valence-electron chi connectivity index (χ1n) is 17.3. The zero-order valence-electron chi connectivity index (χ0n) is 28.4. The highest BCUT2D eigenvalue weighted by Gasteiger charge is 2.38. The second kappa shape index (κ2) is 14.4. The summed E-state index contributed by atoms with van der Waals surface area (Å²) in [6.45, 7) is 11.1. The molecule has 7 rings (SSSR count). The van der Waals surface area contributed by atoms with Crippen LogP contribution in [0.1, 0.15) is 50.6 Å². The third kappa shape index (κ3) is 6.96. The molecule has 1 aliphatic carbocycles. The van der Waals surface area contributed by atoms with Crippen molar-refractivity contribution in [3.63, 3.8) is 0 Å². The summed E-state index contributed by atoms with van der Waals surface area (Å²) in [6, 6.07) is 7.84. The summed E-state index contributed by atoms with van der Waals surface area (Å²) < 4.78 is 49.3. The zero-order chi connectivity index (χ0) is 34.9. The lowest BCUT2D eigenvalue weighted by molar-refractivity contribution is -0.111. The highest BCUT2D eigenvalue weighted by atomic mass is 19.2. The number of halogens is 3. The van der Waals surface area contributed by atoms with Crippen molar-refractivity contribution in [2.75, 3.05) is 67.0 Å². The number of hydrogen-bond acceptors (Lipinski definition) is 10. The molecule has 4 aliphatic rings. The fourth-order valence-corrected chi connectivity index (χ4v) is 7.61. The van der Waals surface area contributed by atoms with Crippen LogP contribution < -0.4 is 25.3 Å². The Bertz CT molecular complexity index is 1730. The Morgan fingerprint density at radius 1 is 0.980 bits per heavy atom. The Balaban J connectivity index is 1.09. The molecular formula is C36H43F3N8O3. The lowest BCUT2D eigenvalue weighted by atomic mass is 9.99. The van der Waals surface area contributed by atoms with Crippen LogP contribution in [-0.4, -0.2) is 90.2 Å². The summed E-state index contributed by atoms with van der Waals surface area (Å²) in [6.07, 6.45) is 7.43. The van der Waals surface area contributed by atoms with Gasteiger partial charge in [0.1, 0.15) is 23.7 Å². The van der Waals surface area contributed by atoms with Crippen molar-refractivity contribution < 1.29 is 27.5 Å². The highest BCUT2D eigenvalue weighted by Crippen LogP contribution is 2.41. The van der Waals surface area contributed by atoms with E-state index in [1.165, 1.54) is 30.3 Å². The number of amides is 1. The van der Waals surface area contributed by atoms with E-state index in [2.05, 4.69) is 48.8 Å². The number of rotatable bonds is 10. The molecule has 1 aromatic heterocycles. The van der Waals surface area contributed by atoms with E-state index in [0.717, 1.165) is 69.4 Å². The summed E-state index contributed by atoms with van der Waals surface area (Å²) in [7, 11) is 1.57. The number of ether oxygens (including phenoxy) is 1. The Morgan fingerprint density at radius 3 is 2.48 bits per heavy atom. The predicted molar refractivity (Wildman–Crippen MR) is 185 cm³/mol. The van der Waals surface area contributed by atoms with Gasteiger partial charge in [0, 0.05) is 69.4 Å². The van der Waals surface area contributed by atoms with Gasteiger partial charge >= 0.3 is 0 Å². The van der Waals surface area contributed by atoms with Gasteiger partial charge in [0.2, 0.25) is 5.91 Å². The smallest absolute Gasteiger partial charge is 0.247 e. The molecule has 0 unspecified atom stereocenters. The van der Waals surface area contributed by atoms with Crippen molar-refractivity contribution in [3.8, 4) is 5.75 Å². The van der Waals surface area contributed by atoms with E-state index in [9.17, 15) is 18.0 Å². The predicted octanol–water partition coefficient (Wildman–Crippen LogP) is 5.79. The topological polar surface area (TPSA) is 98.3 Å². The number of piperidine rings is 1. The zero-order valence-corrected chi connectivity index (χ0v) is 28.4. The standard InChI is InChI=1S/C36H43F3N8O3/c1-4-34(48)43-27-17-28(42-32-19-33(41-21-40-32)47-29(11-16-50-47)35-25(37)7-8-26(38)36(35)39)31(49-3)18-30(27)44-12-9-23(10-13-44)45-14-15-46(22(2)20-45)24-5-6-24/h4,7-8,17-19,21-24,29H,1,5-6,9-16,20H2,2-3H3,(H,43,48)(H,40,41,42)/t22-,29+/m0/s1. The summed E-state index contributed by atoms with van der Waals surface area (Å²) in [5, 5.41) is 7.46. The Morgan fingerprint density at radius 2 is 1.76 bits per heavy atom. The molecular weight excluding hydrogens is 649 g/mol. The first kappa shape index (κ1) is 34.1. The number of piperazine rings is 1. The van der Waals surface area contributed by atoms with Gasteiger partial charge in [0.25, 0.3) is 0 Å². The first-order chi connectivity index (χ1) is 24.2. The van der Waals surface area contributed by atoms with Gasteiger partial charge in [-0.05, 0) is 56.9 Å². The second-order valence-corrected chi connectivity index (χ2v) is 13.4. The lowest BCUT2D eigenvalue weighted by Gasteiger charge is -2.46. The van der Waals surface area contributed by atoms with Crippen LogP contribution in [0, 0.1) is 17.5 Å². The molecule has 2 atom stereocenters. The molecule has 11 nitrogen and oxygen atoms in total. The Labute approximate surface area is 290 Å². The molecule has 2 aromatic carbocycles. The van der Waals surface area contributed by atoms with E-state index < -0.39 is 29.1 Å². The third-order valence-electron chi connectivity index (χ3n) is 10.3. The second-order valence-electron chi connectivity index (χ2n) is 13.4. The normalized spacial score (nSPS) is 22.1. The van der Waals surface area contributed by atoms with Crippen LogP contribution >= 0.6 is 0 Å². The molecule has 3 aromatic rings. The van der Waals surface area contributed by atoms with Gasteiger partial charge in [-0.25, -0.2) is 28.2 Å². The maximum absolute atomic E-state index is 14.7. The molecule has 0 bridgehead atoms. The van der Waals surface area contributed by atoms with E-state index in [-0.39, 0.29) is 24.8 Å². The van der Waals surface area contributed by atoms with Crippen LogP contribution in [0.3, 0.4) is 0 Å². The average molecular weight is 693 g/mol. The van der Waals surface area contributed by atoms with Gasteiger partial charge in [-0.3, -0.25) is 19.4 Å². The van der Waals surface area contributed by atoms with E-state index in [1.54, 1.807) is 19.2 Å². The van der Waals surface area contributed by atoms with E-state index in [4.69, 9.17) is 9.57 Å². The van der Waals surface area contributed by atoms with Gasteiger partial charge in [-0.2, -0.15) is 0 Å². The van der Waals surface area contributed by atoms with E-state index in [0.29, 0.717) is 35.0 Å². The van der Waals surface area contributed by atoms with Crippen molar-refractivity contribution in [1.29, 1.82) is 0 Å². The van der Waals surface area contributed by atoms with Crippen molar-refractivity contribution in [3.05, 3.63) is 72.3 Å². The number of nitrogens with zero attached hydrogens (tertiary/aromatic N) is 6. The van der Waals surface area contributed by atoms with Gasteiger partial charge in [0.15, 0.2) is 17.5 Å². The van der Waals surface area contributed by atoms with Crippen LogP contribution in [0.25, 0.3) is 0 Å². The quantitative estimate of drug-likeness (QED) is 0.201. The van der Waals surface area contributed by atoms with Crippen LogP contribution in [-0.2, 0) is 9.63 Å². The maximum atomic E-state index is 14.7. The van der Waals surface area contributed by atoms with Crippen LogP contribution in [0.5, 0.6) is 5.75 Å².